The van der Waals surface area contributed by atoms with Gasteiger partial charge in [-0.05, 0) is 41.0 Å². The Hall–Kier alpha value is -2.16. The molecule has 0 aliphatic carbocycles. The minimum Gasteiger partial charge on any atom is -0.376 e. The van der Waals surface area contributed by atoms with E-state index in [2.05, 4.69) is 31.9 Å². The average molecular weight is 386 g/mol. The van der Waals surface area contributed by atoms with E-state index in [9.17, 15) is 4.39 Å². The Labute approximate surface area is 164 Å². The maximum absolute atomic E-state index is 13.5. The molecule has 2 atom stereocenters. The molecule has 2 saturated heterocycles. The van der Waals surface area contributed by atoms with Gasteiger partial charge in [0.15, 0.2) is 5.82 Å². The van der Waals surface area contributed by atoms with Crippen LogP contribution in [-0.2, 0) is 11.3 Å². The first kappa shape index (κ1) is 19.2. The van der Waals surface area contributed by atoms with Crippen molar-refractivity contribution in [2.45, 2.75) is 31.5 Å². The number of tetrazole rings is 1. The Bertz CT molecular complexity index is 765. The number of aromatic nitrogens is 4. The lowest BCUT2D eigenvalue weighted by atomic mass is 10.0. The van der Waals surface area contributed by atoms with Crippen molar-refractivity contribution in [2.24, 2.45) is 0 Å². The van der Waals surface area contributed by atoms with Gasteiger partial charge in [-0.25, -0.2) is 9.07 Å². The zero-order valence-electron chi connectivity index (χ0n) is 16.1. The topological polar surface area (TPSA) is 59.3 Å². The lowest BCUT2D eigenvalue weighted by Crippen LogP contribution is -2.48. The van der Waals surface area contributed by atoms with Gasteiger partial charge in [-0.1, -0.05) is 18.2 Å². The Balaban J connectivity index is 1.60. The summed E-state index contributed by atoms with van der Waals surface area (Å²) in [6, 6.07) is 6.57. The van der Waals surface area contributed by atoms with Crippen molar-refractivity contribution < 1.29 is 9.13 Å². The summed E-state index contributed by atoms with van der Waals surface area (Å²) in [5, 5.41) is 12.6. The van der Waals surface area contributed by atoms with E-state index in [1.807, 2.05) is 22.9 Å². The summed E-state index contributed by atoms with van der Waals surface area (Å²) < 4.78 is 21.2. The second-order valence-electron chi connectivity index (χ2n) is 7.43. The number of ether oxygens (including phenoxy) is 1. The van der Waals surface area contributed by atoms with Crippen LogP contribution in [0, 0.1) is 5.82 Å². The van der Waals surface area contributed by atoms with Crippen LogP contribution in [0.3, 0.4) is 0 Å². The zero-order chi connectivity index (χ0) is 19.3. The summed E-state index contributed by atoms with van der Waals surface area (Å²) in [5.74, 6) is 0.552. The summed E-state index contributed by atoms with van der Waals surface area (Å²) in [6.45, 7) is 9.87. The minimum absolute atomic E-state index is 0.108. The Morgan fingerprint density at radius 1 is 1.21 bits per heavy atom. The third-order valence-corrected chi connectivity index (χ3v) is 5.55. The standard InChI is InChI=1S/C20H27FN6O/c1-2-9-25-10-12-26(13-11-25)19(16-5-7-17(21)8-6-16)20-22-23-24-27(20)15-18-4-3-14-28-18/h2,5-8,18-19H,1,3-4,9-15H2/t18-,19-/m1/s1. The summed E-state index contributed by atoms with van der Waals surface area (Å²) in [4.78, 5) is 4.76. The van der Waals surface area contributed by atoms with E-state index in [1.54, 1.807) is 0 Å². The van der Waals surface area contributed by atoms with E-state index in [0.29, 0.717) is 6.54 Å². The molecule has 2 aromatic rings. The molecular weight excluding hydrogens is 359 g/mol. The van der Waals surface area contributed by atoms with Crippen LogP contribution in [-0.4, -0.2) is 75.4 Å². The van der Waals surface area contributed by atoms with Gasteiger partial charge in [-0.2, -0.15) is 0 Å². The molecule has 4 rings (SSSR count). The summed E-state index contributed by atoms with van der Waals surface area (Å²) >= 11 is 0. The number of piperazine rings is 1. The van der Waals surface area contributed by atoms with Crippen molar-refractivity contribution in [2.75, 3.05) is 39.3 Å². The van der Waals surface area contributed by atoms with Crippen LogP contribution in [0.2, 0.25) is 0 Å². The van der Waals surface area contributed by atoms with E-state index >= 15 is 0 Å². The van der Waals surface area contributed by atoms with E-state index in [1.165, 1.54) is 12.1 Å². The maximum atomic E-state index is 13.5. The maximum Gasteiger partial charge on any atom is 0.173 e. The molecule has 2 aliphatic heterocycles. The van der Waals surface area contributed by atoms with Crippen molar-refractivity contribution in [3.63, 3.8) is 0 Å². The number of hydrogen-bond acceptors (Lipinski definition) is 6. The van der Waals surface area contributed by atoms with Crippen LogP contribution in [0.4, 0.5) is 4.39 Å². The number of nitrogens with zero attached hydrogens (tertiary/aromatic N) is 6. The third-order valence-electron chi connectivity index (χ3n) is 5.55. The summed E-state index contributed by atoms with van der Waals surface area (Å²) in [7, 11) is 0. The highest BCUT2D eigenvalue weighted by molar-refractivity contribution is 5.25. The van der Waals surface area contributed by atoms with Crippen molar-refractivity contribution in [1.82, 2.24) is 30.0 Å². The van der Waals surface area contributed by atoms with Crippen LogP contribution in [0.15, 0.2) is 36.9 Å². The molecule has 1 aromatic heterocycles. The van der Waals surface area contributed by atoms with Crippen molar-refractivity contribution in [3.8, 4) is 0 Å². The average Bonchev–Trinajstić information content (AvgIpc) is 3.38. The number of halogens is 1. The van der Waals surface area contributed by atoms with Crippen LogP contribution >= 0.6 is 0 Å². The highest BCUT2D eigenvalue weighted by atomic mass is 19.1. The quantitative estimate of drug-likeness (QED) is 0.678. The molecular formula is C20H27FN6O. The number of rotatable bonds is 7. The highest BCUT2D eigenvalue weighted by Crippen LogP contribution is 2.29. The van der Waals surface area contributed by atoms with Crippen LogP contribution in [0.5, 0.6) is 0 Å². The molecule has 8 heteroatoms. The Morgan fingerprint density at radius 3 is 2.68 bits per heavy atom. The van der Waals surface area contributed by atoms with Crippen LogP contribution < -0.4 is 0 Å². The Kier molecular flexibility index (Phi) is 6.09. The van der Waals surface area contributed by atoms with E-state index in [-0.39, 0.29) is 18.0 Å². The third kappa shape index (κ3) is 4.29. The first-order valence-corrected chi connectivity index (χ1v) is 9.95. The van der Waals surface area contributed by atoms with Gasteiger partial charge >= 0.3 is 0 Å². The number of benzene rings is 1. The van der Waals surface area contributed by atoms with Gasteiger partial charge in [0.05, 0.1) is 18.7 Å². The molecule has 3 heterocycles. The fourth-order valence-corrected chi connectivity index (χ4v) is 4.07. The Morgan fingerprint density at radius 2 is 2.00 bits per heavy atom. The molecule has 0 N–H and O–H groups in total. The minimum atomic E-state index is -0.239. The monoisotopic (exact) mass is 386 g/mol. The predicted molar refractivity (Wildman–Crippen MR) is 103 cm³/mol. The van der Waals surface area contributed by atoms with Crippen molar-refractivity contribution >= 4 is 0 Å². The molecule has 150 valence electrons. The van der Waals surface area contributed by atoms with Gasteiger partial charge in [-0.15, -0.1) is 11.7 Å². The molecule has 0 unspecified atom stereocenters. The summed E-state index contributed by atoms with van der Waals surface area (Å²) in [5.41, 5.74) is 1.00. The van der Waals surface area contributed by atoms with E-state index in [4.69, 9.17) is 4.74 Å². The van der Waals surface area contributed by atoms with Crippen molar-refractivity contribution in [3.05, 3.63) is 54.1 Å². The fourth-order valence-electron chi connectivity index (χ4n) is 4.07. The number of hydrogen-bond donors (Lipinski definition) is 0. The van der Waals surface area contributed by atoms with Gasteiger partial charge in [0.2, 0.25) is 0 Å². The second-order valence-corrected chi connectivity index (χ2v) is 7.43. The van der Waals surface area contributed by atoms with Gasteiger partial charge in [0.1, 0.15) is 5.82 Å². The molecule has 2 fully saturated rings. The van der Waals surface area contributed by atoms with Gasteiger partial charge in [0, 0.05) is 39.3 Å². The second kappa shape index (κ2) is 8.89. The van der Waals surface area contributed by atoms with Crippen molar-refractivity contribution in [1.29, 1.82) is 0 Å². The molecule has 0 bridgehead atoms. The molecule has 0 radical (unpaired) electrons. The molecule has 0 spiro atoms. The SMILES string of the molecule is C=CCN1CCN([C@H](c2ccc(F)cc2)c2nnnn2C[C@H]2CCCO2)CC1. The molecule has 0 amide bonds. The first-order valence-electron chi connectivity index (χ1n) is 9.95. The molecule has 28 heavy (non-hydrogen) atoms. The van der Waals surface area contributed by atoms with E-state index < -0.39 is 0 Å². The van der Waals surface area contributed by atoms with Gasteiger partial charge in [-0.3, -0.25) is 9.80 Å². The van der Waals surface area contributed by atoms with Gasteiger partial charge in [0.25, 0.3) is 0 Å². The van der Waals surface area contributed by atoms with E-state index in [0.717, 1.165) is 63.6 Å². The molecule has 7 nitrogen and oxygen atoms in total. The van der Waals surface area contributed by atoms with Crippen LogP contribution in [0.25, 0.3) is 0 Å². The normalized spacial score (nSPS) is 22.4. The predicted octanol–water partition coefficient (Wildman–Crippen LogP) is 1.88. The molecule has 2 aliphatic rings. The smallest absolute Gasteiger partial charge is 0.173 e. The van der Waals surface area contributed by atoms with Gasteiger partial charge < -0.3 is 4.74 Å². The zero-order valence-corrected chi connectivity index (χ0v) is 16.1. The van der Waals surface area contributed by atoms with Crippen LogP contribution in [0.1, 0.15) is 30.3 Å². The lowest BCUT2D eigenvalue weighted by molar-refractivity contribution is 0.0868. The molecule has 1 aromatic carbocycles. The largest absolute Gasteiger partial charge is 0.376 e. The highest BCUT2D eigenvalue weighted by Gasteiger charge is 2.31. The fraction of sp³-hybridized carbons (Fsp3) is 0.550. The first-order chi connectivity index (χ1) is 13.7. The lowest BCUT2D eigenvalue weighted by Gasteiger charge is -2.38. The molecule has 0 saturated carbocycles. The summed E-state index contributed by atoms with van der Waals surface area (Å²) in [6.07, 6.45) is 4.20.